The van der Waals surface area contributed by atoms with Crippen LogP contribution in [0.5, 0.6) is 5.88 Å². The van der Waals surface area contributed by atoms with Crippen LogP contribution in [0.15, 0.2) is 36.5 Å². The highest BCUT2D eigenvalue weighted by Crippen LogP contribution is 2.28. The van der Waals surface area contributed by atoms with E-state index < -0.39 is 0 Å². The molecule has 1 amide bonds. The first-order valence-corrected chi connectivity index (χ1v) is 7.20. The van der Waals surface area contributed by atoms with Crippen LogP contribution in [0.3, 0.4) is 0 Å². The number of carbonyl (C=O) groups excluding carboxylic acids is 1. The van der Waals surface area contributed by atoms with Crippen molar-refractivity contribution in [2.45, 2.75) is 25.7 Å². The Hall–Kier alpha value is -2.36. The molecule has 0 saturated carbocycles. The number of aryl methyl sites for hydroxylation is 1. The van der Waals surface area contributed by atoms with E-state index in [1.54, 1.807) is 19.2 Å². The number of fused-ring (bicyclic) bond motifs is 1. The van der Waals surface area contributed by atoms with Crippen LogP contribution in [0.1, 0.15) is 34.3 Å². The predicted molar refractivity (Wildman–Crippen MR) is 81.8 cm³/mol. The number of rotatable bonds is 3. The van der Waals surface area contributed by atoms with E-state index >= 15 is 0 Å². The Bertz CT molecular complexity index is 650. The van der Waals surface area contributed by atoms with Gasteiger partial charge in [-0.3, -0.25) is 4.79 Å². The van der Waals surface area contributed by atoms with E-state index in [1.165, 1.54) is 30.2 Å². The molecule has 3 rings (SSSR count). The molecular weight excluding hydrogens is 264 g/mol. The zero-order valence-electron chi connectivity index (χ0n) is 12.1. The van der Waals surface area contributed by atoms with Gasteiger partial charge in [0, 0.05) is 18.0 Å². The molecule has 0 unspecified atom stereocenters. The van der Waals surface area contributed by atoms with Gasteiger partial charge in [0.2, 0.25) is 5.88 Å². The van der Waals surface area contributed by atoms with E-state index in [4.69, 9.17) is 4.74 Å². The molecule has 0 bridgehead atoms. The topological polar surface area (TPSA) is 51.2 Å². The number of carbonyl (C=O) groups is 1. The molecule has 0 aliphatic heterocycles. The summed E-state index contributed by atoms with van der Waals surface area (Å²) in [6, 6.07) is 9.54. The van der Waals surface area contributed by atoms with Crippen molar-refractivity contribution in [3.63, 3.8) is 0 Å². The Morgan fingerprint density at radius 2 is 2.05 bits per heavy atom. The maximum Gasteiger partial charge on any atom is 0.257 e. The minimum absolute atomic E-state index is 0.135. The number of nitrogens with zero attached hydrogens (tertiary/aromatic N) is 1. The Morgan fingerprint density at radius 3 is 2.81 bits per heavy atom. The first-order chi connectivity index (χ1) is 10.3. The van der Waals surface area contributed by atoms with Gasteiger partial charge in [0.25, 0.3) is 5.91 Å². The van der Waals surface area contributed by atoms with Gasteiger partial charge in [-0.05, 0) is 48.9 Å². The lowest BCUT2D eigenvalue weighted by Crippen LogP contribution is -2.15. The van der Waals surface area contributed by atoms with Gasteiger partial charge in [-0.15, -0.1) is 0 Å². The van der Waals surface area contributed by atoms with Gasteiger partial charge in [0.15, 0.2) is 0 Å². The third kappa shape index (κ3) is 2.89. The molecule has 0 radical (unpaired) electrons. The van der Waals surface area contributed by atoms with Gasteiger partial charge in [0.05, 0.1) is 12.7 Å². The molecular formula is C17H18N2O2. The smallest absolute Gasteiger partial charge is 0.257 e. The lowest BCUT2D eigenvalue weighted by atomic mass is 9.90. The predicted octanol–water partition coefficient (Wildman–Crippen LogP) is 3.22. The zero-order valence-corrected chi connectivity index (χ0v) is 12.1. The third-order valence-corrected chi connectivity index (χ3v) is 3.85. The molecule has 1 aromatic heterocycles. The fraction of sp³-hybridized carbons (Fsp3) is 0.294. The Labute approximate surface area is 124 Å². The second-order valence-electron chi connectivity index (χ2n) is 5.19. The van der Waals surface area contributed by atoms with Crippen LogP contribution in [0, 0.1) is 0 Å². The fourth-order valence-corrected chi connectivity index (χ4v) is 2.73. The SMILES string of the molecule is COc1ccc(C(=O)Nc2cccc3c2CCCC3)cn1. The maximum absolute atomic E-state index is 12.3. The number of aromatic nitrogens is 1. The fourth-order valence-electron chi connectivity index (χ4n) is 2.73. The van der Waals surface area contributed by atoms with E-state index in [2.05, 4.69) is 16.4 Å². The molecule has 21 heavy (non-hydrogen) atoms. The Kier molecular flexibility index (Phi) is 3.86. The van der Waals surface area contributed by atoms with Crippen LogP contribution in [0.4, 0.5) is 5.69 Å². The molecule has 1 aliphatic carbocycles. The number of methoxy groups -OCH3 is 1. The second kappa shape index (κ2) is 5.95. The molecule has 0 saturated heterocycles. The molecule has 0 fully saturated rings. The Morgan fingerprint density at radius 1 is 1.19 bits per heavy atom. The summed E-state index contributed by atoms with van der Waals surface area (Å²) in [5, 5.41) is 3.00. The first kappa shape index (κ1) is 13.6. The van der Waals surface area contributed by atoms with E-state index in [0.717, 1.165) is 18.5 Å². The molecule has 2 aromatic rings. The first-order valence-electron chi connectivity index (χ1n) is 7.20. The van der Waals surface area contributed by atoms with Gasteiger partial charge in [-0.2, -0.15) is 0 Å². The summed E-state index contributed by atoms with van der Waals surface area (Å²) >= 11 is 0. The lowest BCUT2D eigenvalue weighted by molar-refractivity contribution is 0.102. The Balaban J connectivity index is 1.81. The number of benzene rings is 1. The van der Waals surface area contributed by atoms with Crippen molar-refractivity contribution in [3.05, 3.63) is 53.2 Å². The van der Waals surface area contributed by atoms with Crippen molar-refractivity contribution in [3.8, 4) is 5.88 Å². The lowest BCUT2D eigenvalue weighted by Gasteiger charge is -2.19. The van der Waals surface area contributed by atoms with Crippen molar-refractivity contribution >= 4 is 11.6 Å². The average Bonchev–Trinajstić information content (AvgIpc) is 2.55. The van der Waals surface area contributed by atoms with Crippen LogP contribution in [0.25, 0.3) is 0 Å². The van der Waals surface area contributed by atoms with Gasteiger partial charge in [-0.25, -0.2) is 4.98 Å². The average molecular weight is 282 g/mol. The second-order valence-corrected chi connectivity index (χ2v) is 5.19. The number of nitrogens with one attached hydrogen (secondary N) is 1. The quantitative estimate of drug-likeness (QED) is 0.940. The normalized spacial score (nSPS) is 13.4. The summed E-state index contributed by atoms with van der Waals surface area (Å²) in [7, 11) is 1.55. The van der Waals surface area contributed by atoms with Gasteiger partial charge in [0.1, 0.15) is 0 Å². The summed E-state index contributed by atoms with van der Waals surface area (Å²) < 4.78 is 5.00. The van der Waals surface area contributed by atoms with Crippen LogP contribution in [-0.4, -0.2) is 18.0 Å². The summed E-state index contributed by atoms with van der Waals surface area (Å²) in [4.78, 5) is 16.4. The van der Waals surface area contributed by atoms with Gasteiger partial charge in [-0.1, -0.05) is 12.1 Å². The van der Waals surface area contributed by atoms with Crippen molar-refractivity contribution in [1.29, 1.82) is 0 Å². The molecule has 1 aromatic carbocycles. The number of amides is 1. The van der Waals surface area contributed by atoms with Crippen LogP contribution in [-0.2, 0) is 12.8 Å². The third-order valence-electron chi connectivity index (χ3n) is 3.85. The zero-order chi connectivity index (χ0) is 14.7. The van der Waals surface area contributed by atoms with Crippen LogP contribution < -0.4 is 10.1 Å². The molecule has 4 nitrogen and oxygen atoms in total. The van der Waals surface area contributed by atoms with Crippen molar-refractivity contribution in [1.82, 2.24) is 4.98 Å². The number of hydrogen-bond donors (Lipinski definition) is 1. The van der Waals surface area contributed by atoms with Crippen molar-refractivity contribution < 1.29 is 9.53 Å². The van der Waals surface area contributed by atoms with Crippen molar-refractivity contribution in [2.75, 3.05) is 12.4 Å². The van der Waals surface area contributed by atoms with Crippen LogP contribution >= 0.6 is 0 Å². The van der Waals surface area contributed by atoms with E-state index in [-0.39, 0.29) is 5.91 Å². The maximum atomic E-state index is 12.3. The largest absolute Gasteiger partial charge is 0.481 e. The minimum atomic E-state index is -0.135. The number of ether oxygens (including phenoxy) is 1. The summed E-state index contributed by atoms with van der Waals surface area (Å²) in [5.74, 6) is 0.368. The number of hydrogen-bond acceptors (Lipinski definition) is 3. The summed E-state index contributed by atoms with van der Waals surface area (Å²) in [5.41, 5.74) is 4.09. The standard InChI is InChI=1S/C17H18N2O2/c1-21-16-10-9-13(11-18-16)17(20)19-15-8-4-6-12-5-2-3-7-14(12)15/h4,6,8-11H,2-3,5,7H2,1H3,(H,19,20). The highest BCUT2D eigenvalue weighted by Gasteiger charge is 2.15. The monoisotopic (exact) mass is 282 g/mol. The number of pyridine rings is 1. The van der Waals surface area contributed by atoms with E-state index in [0.29, 0.717) is 11.4 Å². The van der Waals surface area contributed by atoms with E-state index in [9.17, 15) is 4.79 Å². The van der Waals surface area contributed by atoms with Crippen molar-refractivity contribution in [2.24, 2.45) is 0 Å². The summed E-state index contributed by atoms with van der Waals surface area (Å²) in [6.45, 7) is 0. The molecule has 0 atom stereocenters. The minimum Gasteiger partial charge on any atom is -0.481 e. The highest BCUT2D eigenvalue weighted by molar-refractivity contribution is 6.04. The molecule has 0 spiro atoms. The van der Waals surface area contributed by atoms with Gasteiger partial charge < -0.3 is 10.1 Å². The molecule has 1 aliphatic rings. The highest BCUT2D eigenvalue weighted by atomic mass is 16.5. The molecule has 1 heterocycles. The van der Waals surface area contributed by atoms with E-state index in [1.807, 2.05) is 12.1 Å². The van der Waals surface area contributed by atoms with Gasteiger partial charge >= 0.3 is 0 Å². The molecule has 108 valence electrons. The molecule has 4 heteroatoms. The summed E-state index contributed by atoms with van der Waals surface area (Å²) in [6.07, 6.45) is 6.08. The molecule has 1 N–H and O–H groups in total. The number of anilines is 1. The van der Waals surface area contributed by atoms with Crippen LogP contribution in [0.2, 0.25) is 0 Å².